The lowest BCUT2D eigenvalue weighted by atomic mass is 9.33. The first-order valence-electron chi connectivity index (χ1n) is 22.3. The first-order valence-corrected chi connectivity index (χ1v) is 24.8. The summed E-state index contributed by atoms with van der Waals surface area (Å²) < 4.78 is 29.4. The first kappa shape index (κ1) is 43.3. The van der Waals surface area contributed by atoms with Crippen molar-refractivity contribution >= 4 is 39.1 Å². The SMILES string of the molecule is Cc1cc(S(=O)(=O)NC(=O)c2ccc(N3CCN(CC4=C(C56CC(C)(C5)C6)CC(C)(C)CC4)CC3)cc2)ccc1N[C@H](CCN1CCC(C)(O)CC1)CSc1ccccc1. The molecule has 1 atom stereocenters. The summed E-state index contributed by atoms with van der Waals surface area (Å²) in [5, 5.41) is 14.1. The number of carbonyl (C=O) groups is 1. The molecule has 2 aliphatic heterocycles. The van der Waals surface area contributed by atoms with Crippen LogP contribution in [0.15, 0.2) is 93.7 Å². The van der Waals surface area contributed by atoms with Gasteiger partial charge in [-0.3, -0.25) is 9.69 Å². The lowest BCUT2D eigenvalue weighted by molar-refractivity contribution is -0.167. The number of thioether (sulfide) groups is 1. The van der Waals surface area contributed by atoms with Gasteiger partial charge in [-0.05, 0) is 148 Å². The summed E-state index contributed by atoms with van der Waals surface area (Å²) in [6.45, 7) is 18.8. The lowest BCUT2D eigenvalue weighted by Gasteiger charge is -2.72. The fourth-order valence-electron chi connectivity index (χ4n) is 10.9. The molecule has 3 aromatic carbocycles. The Morgan fingerprint density at radius 2 is 1.53 bits per heavy atom. The van der Waals surface area contributed by atoms with Crippen LogP contribution in [-0.4, -0.2) is 99.0 Å². The van der Waals surface area contributed by atoms with E-state index in [0.717, 1.165) is 94.3 Å². The average Bonchev–Trinajstić information content (AvgIpc) is 3.19. The summed E-state index contributed by atoms with van der Waals surface area (Å²) in [6.07, 6.45) is 10.4. The van der Waals surface area contributed by atoms with Gasteiger partial charge >= 0.3 is 0 Å². The number of amides is 1. The summed E-state index contributed by atoms with van der Waals surface area (Å²) in [6, 6.07) is 22.8. The zero-order chi connectivity index (χ0) is 42.3. The maximum Gasteiger partial charge on any atom is 0.264 e. The second-order valence-corrected chi connectivity index (χ2v) is 23.1. The van der Waals surface area contributed by atoms with E-state index in [0.29, 0.717) is 21.8 Å². The van der Waals surface area contributed by atoms with Crippen molar-refractivity contribution in [2.45, 2.75) is 114 Å². The highest BCUT2D eigenvalue weighted by Gasteiger charge is 2.66. The van der Waals surface area contributed by atoms with E-state index in [1.165, 1.54) is 43.4 Å². The third-order valence-electron chi connectivity index (χ3n) is 14.4. The summed E-state index contributed by atoms with van der Waals surface area (Å²) >= 11 is 1.80. The van der Waals surface area contributed by atoms with Crippen molar-refractivity contribution in [3.8, 4) is 0 Å². The molecule has 9 nitrogen and oxygen atoms in total. The Morgan fingerprint density at radius 1 is 0.850 bits per heavy atom. The zero-order valence-corrected chi connectivity index (χ0v) is 38.2. The van der Waals surface area contributed by atoms with Crippen molar-refractivity contribution in [2.75, 3.05) is 68.3 Å². The van der Waals surface area contributed by atoms with Crippen LogP contribution in [0, 0.1) is 23.2 Å². The molecule has 2 bridgehead atoms. The molecule has 324 valence electrons. The molecule has 4 aliphatic carbocycles. The highest BCUT2D eigenvalue weighted by Crippen LogP contribution is 2.77. The molecule has 60 heavy (non-hydrogen) atoms. The minimum Gasteiger partial charge on any atom is -0.390 e. The maximum absolute atomic E-state index is 13.5. The third-order valence-corrected chi connectivity index (χ3v) is 16.9. The third kappa shape index (κ3) is 9.96. The Hall–Kier alpha value is -3.35. The fraction of sp³-hybridized carbons (Fsp3) is 0.571. The lowest BCUT2D eigenvalue weighted by Crippen LogP contribution is -2.61. The summed E-state index contributed by atoms with van der Waals surface area (Å²) in [7, 11) is -4.10. The molecule has 11 heteroatoms. The second-order valence-electron chi connectivity index (χ2n) is 20.4. The number of piperidine rings is 1. The molecule has 0 spiro atoms. The van der Waals surface area contributed by atoms with Gasteiger partial charge in [0, 0.05) is 86.0 Å². The number of piperazine rings is 1. The molecule has 0 aromatic heterocycles. The van der Waals surface area contributed by atoms with Gasteiger partial charge in [0.15, 0.2) is 0 Å². The van der Waals surface area contributed by atoms with Crippen molar-refractivity contribution in [3.05, 3.63) is 95.1 Å². The number of sulfonamides is 1. The monoisotopic (exact) mass is 853 g/mol. The highest BCUT2D eigenvalue weighted by atomic mass is 32.2. The number of anilines is 2. The van der Waals surface area contributed by atoms with E-state index < -0.39 is 21.5 Å². The van der Waals surface area contributed by atoms with Crippen molar-refractivity contribution in [1.29, 1.82) is 0 Å². The number of aliphatic hydroxyl groups is 1. The van der Waals surface area contributed by atoms with Gasteiger partial charge < -0.3 is 20.2 Å². The minimum atomic E-state index is -4.10. The molecular formula is C49H67N5O4S2. The van der Waals surface area contributed by atoms with Crippen LogP contribution in [-0.2, 0) is 10.0 Å². The van der Waals surface area contributed by atoms with Crippen LogP contribution in [0.25, 0.3) is 0 Å². The smallest absolute Gasteiger partial charge is 0.264 e. The van der Waals surface area contributed by atoms with E-state index in [-0.39, 0.29) is 10.9 Å². The van der Waals surface area contributed by atoms with Gasteiger partial charge in [0.2, 0.25) is 0 Å². The zero-order valence-electron chi connectivity index (χ0n) is 36.6. The van der Waals surface area contributed by atoms with E-state index >= 15 is 0 Å². The molecule has 1 amide bonds. The summed E-state index contributed by atoms with van der Waals surface area (Å²) in [4.78, 5) is 22.0. The molecule has 2 saturated heterocycles. The van der Waals surface area contributed by atoms with Gasteiger partial charge in [-0.15, -0.1) is 11.8 Å². The van der Waals surface area contributed by atoms with E-state index in [4.69, 9.17) is 0 Å². The molecule has 3 aromatic rings. The summed E-state index contributed by atoms with van der Waals surface area (Å²) in [5.74, 6) is 0.207. The van der Waals surface area contributed by atoms with Crippen LogP contribution in [0.3, 0.4) is 0 Å². The summed E-state index contributed by atoms with van der Waals surface area (Å²) in [5.41, 5.74) is 7.55. The first-order chi connectivity index (χ1) is 28.5. The second kappa shape index (κ2) is 17.1. The number of allylic oxidation sites excluding steroid dienone is 1. The van der Waals surface area contributed by atoms with Gasteiger partial charge in [0.05, 0.1) is 10.5 Å². The van der Waals surface area contributed by atoms with Crippen LogP contribution in [0.2, 0.25) is 0 Å². The molecule has 5 fully saturated rings. The van der Waals surface area contributed by atoms with E-state index in [1.54, 1.807) is 41.6 Å². The van der Waals surface area contributed by atoms with Crippen molar-refractivity contribution < 1.29 is 18.3 Å². The average molecular weight is 854 g/mol. The number of carbonyl (C=O) groups excluding carboxylic acids is 1. The predicted molar refractivity (Wildman–Crippen MR) is 245 cm³/mol. The van der Waals surface area contributed by atoms with E-state index in [9.17, 15) is 18.3 Å². The van der Waals surface area contributed by atoms with Crippen LogP contribution in [0.1, 0.15) is 101 Å². The maximum atomic E-state index is 13.5. The number of benzene rings is 3. The van der Waals surface area contributed by atoms with Crippen molar-refractivity contribution in [1.82, 2.24) is 14.5 Å². The van der Waals surface area contributed by atoms with Crippen LogP contribution in [0.5, 0.6) is 0 Å². The van der Waals surface area contributed by atoms with Crippen LogP contribution >= 0.6 is 11.8 Å². The number of likely N-dealkylation sites (tertiary alicyclic amines) is 1. The number of hydrogen-bond donors (Lipinski definition) is 3. The normalized spacial score (nSPS) is 25.9. The Balaban J connectivity index is 0.844. The van der Waals surface area contributed by atoms with Gasteiger partial charge in [-0.2, -0.15) is 0 Å². The molecule has 3 N–H and O–H groups in total. The molecular weight excluding hydrogens is 787 g/mol. The fourth-order valence-corrected chi connectivity index (χ4v) is 12.9. The molecule has 0 radical (unpaired) electrons. The highest BCUT2D eigenvalue weighted by molar-refractivity contribution is 7.99. The Morgan fingerprint density at radius 3 is 2.18 bits per heavy atom. The number of nitrogens with one attached hydrogen (secondary N) is 2. The number of hydrogen-bond acceptors (Lipinski definition) is 9. The van der Waals surface area contributed by atoms with Crippen molar-refractivity contribution in [2.24, 2.45) is 16.2 Å². The Bertz CT molecular complexity index is 2130. The van der Waals surface area contributed by atoms with Gasteiger partial charge in [0.1, 0.15) is 0 Å². The van der Waals surface area contributed by atoms with E-state index in [2.05, 4.69) is 57.6 Å². The van der Waals surface area contributed by atoms with Gasteiger partial charge in [-0.1, -0.05) is 50.1 Å². The van der Waals surface area contributed by atoms with Crippen molar-refractivity contribution in [3.63, 3.8) is 0 Å². The largest absolute Gasteiger partial charge is 0.390 e. The topological polar surface area (TPSA) is 105 Å². The van der Waals surface area contributed by atoms with Gasteiger partial charge in [0.25, 0.3) is 15.9 Å². The number of nitrogens with zero attached hydrogens (tertiary/aromatic N) is 3. The molecule has 3 saturated carbocycles. The minimum absolute atomic E-state index is 0.0577. The Labute approximate surface area is 363 Å². The van der Waals surface area contributed by atoms with E-state index in [1.807, 2.05) is 55.8 Å². The van der Waals surface area contributed by atoms with Crippen LogP contribution in [0.4, 0.5) is 11.4 Å². The molecule has 2 heterocycles. The molecule has 6 aliphatic rings. The predicted octanol–water partition coefficient (Wildman–Crippen LogP) is 8.74. The molecule has 9 rings (SSSR count). The standard InChI is InChI=1S/C49H67N5O4S2/c1-36-29-42(15-16-44(36)50-39(32-59-41-9-7-6-8-10-41)18-22-52-23-20-48(5,56)21-24-52)60(57,58)51-45(55)37-11-13-40(14-12-37)54-27-25-53(26-28-54)31-38-17-19-46(2,3)30-43(38)49-33-47(4,34-49)35-49/h6-16,29,39,50,56H,17-28,30-35H2,1-5H3,(H,51,55)/t39-,47?,49?/m1/s1. The Kier molecular flexibility index (Phi) is 12.3. The van der Waals surface area contributed by atoms with Crippen LogP contribution < -0.4 is 14.9 Å². The number of rotatable bonds is 15. The quantitative estimate of drug-likeness (QED) is 0.102. The molecule has 0 unspecified atom stereocenters. The number of aryl methyl sites for hydroxylation is 1. The van der Waals surface area contributed by atoms with Gasteiger partial charge in [-0.25, -0.2) is 13.1 Å².